The fraction of sp³-hybridized carbons (Fsp3) is 0.435. The molecule has 2 aliphatic rings. The van der Waals surface area contributed by atoms with Crippen molar-refractivity contribution in [2.24, 2.45) is 0 Å². The van der Waals surface area contributed by atoms with Gasteiger partial charge in [0, 0.05) is 31.4 Å². The molecule has 0 unspecified atom stereocenters. The Labute approximate surface area is 166 Å². The molecule has 2 aromatic carbocycles. The number of nitrogens with zero attached hydrogens (tertiary/aromatic N) is 2. The lowest BCUT2D eigenvalue weighted by Crippen LogP contribution is -2.47. The summed E-state index contributed by atoms with van der Waals surface area (Å²) in [6.45, 7) is 2.86. The molecular weight excluding hydrogens is 353 g/mol. The van der Waals surface area contributed by atoms with Crippen LogP contribution in [0.4, 0.5) is 15.8 Å². The maximum atomic E-state index is 14.0. The molecular formula is C23H28FN3O. The molecule has 0 aliphatic carbocycles. The Morgan fingerprint density at radius 1 is 0.964 bits per heavy atom. The van der Waals surface area contributed by atoms with Crippen molar-refractivity contribution in [2.75, 3.05) is 36.0 Å². The minimum Gasteiger partial charge on any atom is -0.369 e. The molecule has 1 amide bonds. The molecule has 148 valence electrons. The van der Waals surface area contributed by atoms with E-state index < -0.39 is 0 Å². The molecule has 2 aromatic rings. The highest BCUT2D eigenvalue weighted by Crippen LogP contribution is 2.26. The largest absolute Gasteiger partial charge is 0.369 e. The van der Waals surface area contributed by atoms with Crippen LogP contribution in [0.1, 0.15) is 31.2 Å². The molecule has 2 heterocycles. The minimum absolute atomic E-state index is 0.0843. The molecule has 0 radical (unpaired) electrons. The van der Waals surface area contributed by atoms with Gasteiger partial charge in [-0.25, -0.2) is 4.39 Å². The van der Waals surface area contributed by atoms with Crippen LogP contribution < -0.4 is 15.1 Å². The van der Waals surface area contributed by atoms with Crippen molar-refractivity contribution in [2.45, 2.75) is 38.1 Å². The molecule has 1 fully saturated rings. The number of para-hydroxylation sites is 2. The average molecular weight is 381 g/mol. The van der Waals surface area contributed by atoms with E-state index in [1.165, 1.54) is 23.7 Å². The van der Waals surface area contributed by atoms with E-state index in [0.29, 0.717) is 12.2 Å². The number of halogens is 1. The molecule has 1 saturated heterocycles. The van der Waals surface area contributed by atoms with Crippen LogP contribution in [0.3, 0.4) is 0 Å². The van der Waals surface area contributed by atoms with Crippen LogP contribution in [-0.2, 0) is 11.2 Å². The Balaban J connectivity index is 1.31. The number of carbonyl (C=O) groups excluding carboxylic acids is 1. The summed E-state index contributed by atoms with van der Waals surface area (Å²) in [5, 5.41) is 3.20. The van der Waals surface area contributed by atoms with Crippen LogP contribution in [0, 0.1) is 5.82 Å². The molecule has 0 atom stereocenters. The lowest BCUT2D eigenvalue weighted by Gasteiger charge is -2.34. The van der Waals surface area contributed by atoms with E-state index in [1.54, 1.807) is 6.07 Å². The van der Waals surface area contributed by atoms with Crippen molar-refractivity contribution in [3.63, 3.8) is 0 Å². The molecule has 5 heteroatoms. The Kier molecular flexibility index (Phi) is 5.79. The normalized spacial score (nSPS) is 17.8. The number of anilines is 2. The highest BCUT2D eigenvalue weighted by molar-refractivity contribution is 5.82. The van der Waals surface area contributed by atoms with Crippen LogP contribution in [0.2, 0.25) is 0 Å². The van der Waals surface area contributed by atoms with Crippen LogP contribution in [0.5, 0.6) is 0 Å². The first kappa shape index (κ1) is 18.8. The summed E-state index contributed by atoms with van der Waals surface area (Å²) in [4.78, 5) is 17.0. The predicted molar refractivity (Wildman–Crippen MR) is 111 cm³/mol. The average Bonchev–Trinajstić information content (AvgIpc) is 2.91. The maximum absolute atomic E-state index is 14.0. The second kappa shape index (κ2) is 8.63. The van der Waals surface area contributed by atoms with Gasteiger partial charge in [0.15, 0.2) is 0 Å². The first-order chi connectivity index (χ1) is 13.7. The van der Waals surface area contributed by atoms with E-state index in [2.05, 4.69) is 33.3 Å². The molecule has 0 aromatic heterocycles. The third-order valence-electron chi connectivity index (χ3n) is 5.84. The molecule has 2 aliphatic heterocycles. The highest BCUT2D eigenvalue weighted by Gasteiger charge is 2.24. The summed E-state index contributed by atoms with van der Waals surface area (Å²) in [6.07, 6.45) is 5.06. The summed E-state index contributed by atoms with van der Waals surface area (Å²) in [5.41, 5.74) is 3.20. The number of amides is 1. The van der Waals surface area contributed by atoms with Gasteiger partial charge in [-0.3, -0.25) is 4.79 Å². The second-order valence-electron chi connectivity index (χ2n) is 7.79. The highest BCUT2D eigenvalue weighted by atomic mass is 19.1. The van der Waals surface area contributed by atoms with E-state index in [1.807, 2.05) is 18.2 Å². The number of aryl methyl sites for hydroxylation is 1. The first-order valence-electron chi connectivity index (χ1n) is 10.3. The monoisotopic (exact) mass is 381 g/mol. The third kappa shape index (κ3) is 4.29. The zero-order valence-electron chi connectivity index (χ0n) is 16.2. The Morgan fingerprint density at radius 2 is 1.68 bits per heavy atom. The quantitative estimate of drug-likeness (QED) is 0.876. The zero-order valence-corrected chi connectivity index (χ0v) is 16.2. The van der Waals surface area contributed by atoms with Gasteiger partial charge >= 0.3 is 0 Å². The number of rotatable bonds is 4. The minimum atomic E-state index is -0.176. The van der Waals surface area contributed by atoms with E-state index in [4.69, 9.17) is 0 Å². The molecule has 28 heavy (non-hydrogen) atoms. The Hall–Kier alpha value is -2.56. The summed E-state index contributed by atoms with van der Waals surface area (Å²) in [7, 11) is 0. The summed E-state index contributed by atoms with van der Waals surface area (Å²) >= 11 is 0. The lowest BCUT2D eigenvalue weighted by atomic mass is 10.0. The van der Waals surface area contributed by atoms with Crippen molar-refractivity contribution in [3.05, 3.63) is 59.9 Å². The van der Waals surface area contributed by atoms with Gasteiger partial charge in [0.1, 0.15) is 5.82 Å². The summed E-state index contributed by atoms with van der Waals surface area (Å²) in [6, 6.07) is 15.5. The lowest BCUT2D eigenvalue weighted by molar-refractivity contribution is -0.120. The standard InChI is InChI=1S/C23H28FN3O/c24-20-9-2-4-11-22(20)26-15-12-19(13-16-26)25-23(28)17-27-14-6-5-8-18-7-1-3-10-21(18)27/h1-4,7,9-11,19H,5-6,8,12-17H2,(H,25,28). The molecule has 0 bridgehead atoms. The van der Waals surface area contributed by atoms with Gasteiger partial charge in [-0.15, -0.1) is 0 Å². The van der Waals surface area contributed by atoms with E-state index in [9.17, 15) is 9.18 Å². The van der Waals surface area contributed by atoms with Gasteiger partial charge in [0.05, 0.1) is 12.2 Å². The van der Waals surface area contributed by atoms with Gasteiger partial charge in [-0.1, -0.05) is 30.3 Å². The van der Waals surface area contributed by atoms with Gasteiger partial charge in [-0.2, -0.15) is 0 Å². The van der Waals surface area contributed by atoms with Crippen molar-refractivity contribution in [1.29, 1.82) is 0 Å². The number of benzene rings is 2. The SMILES string of the molecule is O=C(CN1CCCCc2ccccc21)NC1CCN(c2ccccc2F)CC1. The van der Waals surface area contributed by atoms with E-state index in [-0.39, 0.29) is 17.8 Å². The second-order valence-corrected chi connectivity index (χ2v) is 7.79. The third-order valence-corrected chi connectivity index (χ3v) is 5.84. The topological polar surface area (TPSA) is 35.6 Å². The summed E-state index contributed by atoms with van der Waals surface area (Å²) < 4.78 is 14.0. The van der Waals surface area contributed by atoms with Gasteiger partial charge in [0.25, 0.3) is 0 Å². The number of piperidine rings is 1. The number of fused-ring (bicyclic) bond motifs is 1. The van der Waals surface area contributed by atoms with E-state index in [0.717, 1.165) is 45.3 Å². The van der Waals surface area contributed by atoms with Gasteiger partial charge in [0.2, 0.25) is 5.91 Å². The van der Waals surface area contributed by atoms with Crippen LogP contribution in [-0.4, -0.2) is 38.1 Å². The number of carbonyl (C=O) groups is 1. The fourth-order valence-corrected chi connectivity index (χ4v) is 4.35. The van der Waals surface area contributed by atoms with Crippen LogP contribution >= 0.6 is 0 Å². The Bertz CT molecular complexity index is 817. The predicted octanol–water partition coefficient (Wildman–Crippen LogP) is 3.75. The number of nitrogens with one attached hydrogen (secondary N) is 1. The van der Waals surface area contributed by atoms with Crippen molar-refractivity contribution >= 4 is 17.3 Å². The van der Waals surface area contributed by atoms with Crippen molar-refractivity contribution < 1.29 is 9.18 Å². The van der Waals surface area contributed by atoms with E-state index >= 15 is 0 Å². The number of hydrogen-bond donors (Lipinski definition) is 1. The molecule has 1 N–H and O–H groups in total. The zero-order chi connectivity index (χ0) is 19.3. The fourth-order valence-electron chi connectivity index (χ4n) is 4.35. The summed E-state index contributed by atoms with van der Waals surface area (Å²) in [5.74, 6) is -0.0918. The van der Waals surface area contributed by atoms with Crippen molar-refractivity contribution in [1.82, 2.24) is 5.32 Å². The van der Waals surface area contributed by atoms with Gasteiger partial charge in [-0.05, 0) is 55.9 Å². The molecule has 0 spiro atoms. The van der Waals surface area contributed by atoms with Crippen LogP contribution in [0.15, 0.2) is 48.5 Å². The maximum Gasteiger partial charge on any atom is 0.239 e. The van der Waals surface area contributed by atoms with Gasteiger partial charge < -0.3 is 15.1 Å². The smallest absolute Gasteiger partial charge is 0.239 e. The molecule has 4 rings (SSSR count). The first-order valence-corrected chi connectivity index (χ1v) is 10.3. The van der Waals surface area contributed by atoms with Crippen molar-refractivity contribution in [3.8, 4) is 0 Å². The van der Waals surface area contributed by atoms with Crippen LogP contribution in [0.25, 0.3) is 0 Å². The molecule has 0 saturated carbocycles. The molecule has 4 nitrogen and oxygen atoms in total. The number of hydrogen-bond acceptors (Lipinski definition) is 3. The Morgan fingerprint density at radius 3 is 2.46 bits per heavy atom.